The van der Waals surface area contributed by atoms with Gasteiger partial charge in [-0.05, 0) is 5.56 Å². The minimum atomic E-state index is 0.637. The van der Waals surface area contributed by atoms with Crippen molar-refractivity contribution in [2.75, 3.05) is 7.05 Å². The SMILES string of the molecule is [C-]#[N+]/C(=C\NC)c1ccccc1. The van der Waals surface area contributed by atoms with Crippen molar-refractivity contribution >= 4 is 5.70 Å². The average molecular weight is 158 g/mol. The fourth-order valence-corrected chi connectivity index (χ4v) is 0.926. The molecule has 1 rings (SSSR count). The number of rotatable bonds is 2. The van der Waals surface area contributed by atoms with E-state index in [0.717, 1.165) is 5.56 Å². The van der Waals surface area contributed by atoms with E-state index in [0.29, 0.717) is 5.70 Å². The van der Waals surface area contributed by atoms with Crippen LogP contribution in [0.1, 0.15) is 5.56 Å². The lowest BCUT2D eigenvalue weighted by Crippen LogP contribution is -1.93. The van der Waals surface area contributed by atoms with Gasteiger partial charge in [0.2, 0.25) is 5.70 Å². The molecule has 0 spiro atoms. The van der Waals surface area contributed by atoms with E-state index in [2.05, 4.69) is 10.2 Å². The third-order valence-corrected chi connectivity index (χ3v) is 1.47. The van der Waals surface area contributed by atoms with Crippen molar-refractivity contribution in [3.63, 3.8) is 0 Å². The molecule has 0 atom stereocenters. The van der Waals surface area contributed by atoms with E-state index in [-0.39, 0.29) is 0 Å². The van der Waals surface area contributed by atoms with Gasteiger partial charge in [-0.25, -0.2) is 4.85 Å². The zero-order valence-corrected chi connectivity index (χ0v) is 6.91. The van der Waals surface area contributed by atoms with Crippen LogP contribution in [0.2, 0.25) is 0 Å². The third kappa shape index (κ3) is 1.86. The first kappa shape index (κ1) is 8.35. The molecule has 0 radical (unpaired) electrons. The van der Waals surface area contributed by atoms with E-state index in [9.17, 15) is 0 Å². The summed E-state index contributed by atoms with van der Waals surface area (Å²) in [6.07, 6.45) is 1.70. The Bertz CT molecular complexity index is 306. The fourth-order valence-electron chi connectivity index (χ4n) is 0.926. The summed E-state index contributed by atoms with van der Waals surface area (Å²) < 4.78 is 0. The van der Waals surface area contributed by atoms with Gasteiger partial charge in [0, 0.05) is 13.2 Å². The maximum absolute atomic E-state index is 6.92. The van der Waals surface area contributed by atoms with Crippen LogP contribution in [0.4, 0.5) is 0 Å². The molecule has 0 aliphatic carbocycles. The van der Waals surface area contributed by atoms with Gasteiger partial charge in [0.1, 0.15) is 0 Å². The molecule has 0 amide bonds. The van der Waals surface area contributed by atoms with Gasteiger partial charge < -0.3 is 5.32 Å². The van der Waals surface area contributed by atoms with Gasteiger partial charge >= 0.3 is 0 Å². The van der Waals surface area contributed by atoms with Crippen molar-refractivity contribution in [3.05, 3.63) is 53.5 Å². The quantitative estimate of drug-likeness (QED) is 0.652. The van der Waals surface area contributed by atoms with E-state index in [1.54, 1.807) is 13.2 Å². The standard InChI is InChI=1S/C10H10N2/c1-11-8-10(12-2)9-6-4-3-5-7-9/h3-8,11H,1H3/b10-8-. The molecule has 0 aliphatic heterocycles. The van der Waals surface area contributed by atoms with Crippen LogP contribution in [-0.4, -0.2) is 7.05 Å². The molecule has 60 valence electrons. The van der Waals surface area contributed by atoms with Crippen LogP contribution in [0.3, 0.4) is 0 Å². The molecular weight excluding hydrogens is 148 g/mol. The number of nitrogens with zero attached hydrogens (tertiary/aromatic N) is 1. The molecule has 0 saturated carbocycles. The monoisotopic (exact) mass is 158 g/mol. The number of nitrogens with one attached hydrogen (secondary N) is 1. The number of benzene rings is 1. The Morgan fingerprint density at radius 2 is 2.08 bits per heavy atom. The second kappa shape index (κ2) is 4.20. The topological polar surface area (TPSA) is 16.4 Å². The number of hydrogen-bond acceptors (Lipinski definition) is 1. The van der Waals surface area contributed by atoms with Crippen molar-refractivity contribution in [2.45, 2.75) is 0 Å². The Labute approximate surface area is 72.4 Å². The van der Waals surface area contributed by atoms with Crippen LogP contribution >= 0.6 is 0 Å². The molecule has 0 heterocycles. The minimum Gasteiger partial charge on any atom is -0.403 e. The zero-order valence-electron chi connectivity index (χ0n) is 6.91. The van der Waals surface area contributed by atoms with Gasteiger partial charge in [0.25, 0.3) is 0 Å². The van der Waals surface area contributed by atoms with Gasteiger partial charge in [-0.15, -0.1) is 0 Å². The maximum atomic E-state index is 6.92. The van der Waals surface area contributed by atoms with Crippen LogP contribution in [0.5, 0.6) is 0 Å². The van der Waals surface area contributed by atoms with Crippen LogP contribution < -0.4 is 5.32 Å². The average Bonchev–Trinajstić information content (AvgIpc) is 2.15. The molecule has 0 unspecified atom stereocenters. The summed E-state index contributed by atoms with van der Waals surface area (Å²) in [5.41, 5.74) is 1.58. The Hall–Kier alpha value is -1.75. The lowest BCUT2D eigenvalue weighted by molar-refractivity contribution is 1.11. The molecule has 0 aromatic heterocycles. The van der Waals surface area contributed by atoms with Gasteiger partial charge in [-0.2, -0.15) is 0 Å². The van der Waals surface area contributed by atoms with Crippen LogP contribution in [0.25, 0.3) is 10.5 Å². The van der Waals surface area contributed by atoms with E-state index in [1.807, 2.05) is 30.3 Å². The molecule has 2 nitrogen and oxygen atoms in total. The third-order valence-electron chi connectivity index (χ3n) is 1.47. The summed E-state index contributed by atoms with van der Waals surface area (Å²) in [5, 5.41) is 2.84. The molecule has 0 bridgehead atoms. The summed E-state index contributed by atoms with van der Waals surface area (Å²) >= 11 is 0. The van der Waals surface area contributed by atoms with E-state index in [4.69, 9.17) is 6.57 Å². The first-order chi connectivity index (χ1) is 5.88. The predicted molar refractivity (Wildman–Crippen MR) is 50.1 cm³/mol. The van der Waals surface area contributed by atoms with E-state index < -0.39 is 0 Å². The van der Waals surface area contributed by atoms with Crippen molar-refractivity contribution in [3.8, 4) is 0 Å². The van der Waals surface area contributed by atoms with Crippen molar-refractivity contribution in [1.29, 1.82) is 0 Å². The lowest BCUT2D eigenvalue weighted by atomic mass is 10.2. The minimum absolute atomic E-state index is 0.637. The number of hydrogen-bond donors (Lipinski definition) is 1. The normalized spacial score (nSPS) is 10.5. The molecular formula is C10H10N2. The second-order valence-electron chi connectivity index (χ2n) is 2.30. The lowest BCUT2D eigenvalue weighted by Gasteiger charge is -1.96. The smallest absolute Gasteiger partial charge is 0.209 e. The largest absolute Gasteiger partial charge is 0.403 e. The van der Waals surface area contributed by atoms with E-state index in [1.165, 1.54) is 0 Å². The zero-order chi connectivity index (χ0) is 8.81. The van der Waals surface area contributed by atoms with Crippen LogP contribution in [-0.2, 0) is 0 Å². The van der Waals surface area contributed by atoms with Crippen molar-refractivity contribution in [1.82, 2.24) is 5.32 Å². The molecule has 0 aliphatic rings. The maximum Gasteiger partial charge on any atom is 0.209 e. The Balaban J connectivity index is 2.98. The molecule has 0 fully saturated rings. The molecule has 1 aromatic rings. The Morgan fingerprint density at radius 1 is 1.42 bits per heavy atom. The first-order valence-corrected chi connectivity index (χ1v) is 3.69. The van der Waals surface area contributed by atoms with Gasteiger partial charge in [-0.1, -0.05) is 30.3 Å². The highest BCUT2D eigenvalue weighted by Gasteiger charge is 1.96. The molecule has 12 heavy (non-hydrogen) atoms. The van der Waals surface area contributed by atoms with Crippen molar-refractivity contribution in [2.24, 2.45) is 0 Å². The van der Waals surface area contributed by atoms with Crippen LogP contribution in [0.15, 0.2) is 36.5 Å². The Morgan fingerprint density at radius 3 is 2.58 bits per heavy atom. The summed E-state index contributed by atoms with van der Waals surface area (Å²) in [5.74, 6) is 0. The highest BCUT2D eigenvalue weighted by atomic mass is 14.8. The summed E-state index contributed by atoms with van der Waals surface area (Å²) in [6.45, 7) is 6.92. The van der Waals surface area contributed by atoms with Crippen molar-refractivity contribution < 1.29 is 0 Å². The summed E-state index contributed by atoms with van der Waals surface area (Å²) in [6, 6.07) is 9.61. The first-order valence-electron chi connectivity index (χ1n) is 3.69. The summed E-state index contributed by atoms with van der Waals surface area (Å²) in [7, 11) is 1.79. The van der Waals surface area contributed by atoms with Crippen LogP contribution in [0, 0.1) is 6.57 Å². The molecule has 0 saturated heterocycles. The highest BCUT2D eigenvalue weighted by molar-refractivity contribution is 5.70. The highest BCUT2D eigenvalue weighted by Crippen LogP contribution is 2.13. The fraction of sp³-hybridized carbons (Fsp3) is 0.100. The van der Waals surface area contributed by atoms with Gasteiger partial charge in [0.15, 0.2) is 0 Å². The van der Waals surface area contributed by atoms with Gasteiger partial charge in [-0.3, -0.25) is 0 Å². The Kier molecular flexibility index (Phi) is 2.92. The van der Waals surface area contributed by atoms with E-state index >= 15 is 0 Å². The van der Waals surface area contributed by atoms with Gasteiger partial charge in [0.05, 0.1) is 6.57 Å². The second-order valence-corrected chi connectivity index (χ2v) is 2.30. The predicted octanol–water partition coefficient (Wildman–Crippen LogP) is 2.12. The molecule has 2 heteroatoms. The molecule has 1 N–H and O–H groups in total. The molecule has 1 aromatic carbocycles. The summed E-state index contributed by atoms with van der Waals surface area (Å²) in [4.78, 5) is 3.40.